The van der Waals surface area contributed by atoms with Crippen molar-refractivity contribution < 1.29 is 23.1 Å². The van der Waals surface area contributed by atoms with E-state index >= 15 is 0 Å². The van der Waals surface area contributed by atoms with Crippen LogP contribution in [-0.4, -0.2) is 19.5 Å². The average Bonchev–Trinajstić information content (AvgIpc) is 2.37. The third kappa shape index (κ3) is 3.71. The lowest BCUT2D eigenvalue weighted by Gasteiger charge is -2.08. The summed E-state index contributed by atoms with van der Waals surface area (Å²) in [5.74, 6) is -0.532. The van der Waals surface area contributed by atoms with Crippen LogP contribution in [0.15, 0.2) is 47.4 Å². The van der Waals surface area contributed by atoms with E-state index in [4.69, 9.17) is 20.7 Å². The molecular weight excluding hydrogens is 296 g/mol. The summed E-state index contributed by atoms with van der Waals surface area (Å²) < 4.78 is 28.1. The number of nitrogen functional groups attached to an aromatic ring is 1. The van der Waals surface area contributed by atoms with Crippen LogP contribution in [0.5, 0.6) is 11.5 Å². The Labute approximate surface area is 120 Å². The molecule has 0 unspecified atom stereocenters. The van der Waals surface area contributed by atoms with Gasteiger partial charge in [-0.3, -0.25) is 0 Å². The van der Waals surface area contributed by atoms with Gasteiger partial charge in [-0.2, -0.15) is 0 Å². The molecule has 2 aromatic rings. The van der Waals surface area contributed by atoms with Gasteiger partial charge in [-0.1, -0.05) is 0 Å². The van der Waals surface area contributed by atoms with Crippen molar-refractivity contribution in [2.24, 2.45) is 5.14 Å². The smallest absolute Gasteiger partial charge is 0.335 e. The fourth-order valence-corrected chi connectivity index (χ4v) is 2.20. The number of primary sulfonamides is 1. The Bertz CT molecular complexity index is 785. The number of nitrogens with two attached hydrogens (primary N) is 2. The summed E-state index contributed by atoms with van der Waals surface area (Å²) in [7, 11) is -3.90. The SMILES string of the molecule is Nc1cc(Oc2ccc(C(=O)O)cc2)cc(S(N)(=O)=O)c1. The van der Waals surface area contributed by atoms with Crippen LogP contribution in [-0.2, 0) is 10.0 Å². The molecule has 110 valence electrons. The molecule has 0 aliphatic heterocycles. The van der Waals surface area contributed by atoms with Gasteiger partial charge in [0, 0.05) is 17.8 Å². The monoisotopic (exact) mass is 308 g/mol. The average molecular weight is 308 g/mol. The van der Waals surface area contributed by atoms with Crippen LogP contribution < -0.4 is 15.6 Å². The Balaban J connectivity index is 2.31. The predicted molar refractivity (Wildman–Crippen MR) is 75.7 cm³/mol. The highest BCUT2D eigenvalue weighted by molar-refractivity contribution is 7.89. The molecule has 0 saturated carbocycles. The fraction of sp³-hybridized carbons (Fsp3) is 0. The third-order valence-electron chi connectivity index (χ3n) is 2.57. The van der Waals surface area contributed by atoms with Gasteiger partial charge in [0.2, 0.25) is 10.0 Å². The van der Waals surface area contributed by atoms with E-state index in [0.717, 1.165) is 0 Å². The Morgan fingerprint density at radius 2 is 1.67 bits per heavy atom. The highest BCUT2D eigenvalue weighted by Gasteiger charge is 2.11. The summed E-state index contributed by atoms with van der Waals surface area (Å²) >= 11 is 0. The van der Waals surface area contributed by atoms with Crippen LogP contribution in [0.2, 0.25) is 0 Å². The van der Waals surface area contributed by atoms with Gasteiger partial charge in [-0.25, -0.2) is 18.4 Å². The van der Waals surface area contributed by atoms with Crippen LogP contribution in [0, 0.1) is 0 Å². The highest BCUT2D eigenvalue weighted by atomic mass is 32.2. The summed E-state index contributed by atoms with van der Waals surface area (Å²) in [6, 6.07) is 9.51. The van der Waals surface area contributed by atoms with Gasteiger partial charge in [0.05, 0.1) is 10.5 Å². The first-order valence-corrected chi connectivity index (χ1v) is 7.25. The molecule has 0 aliphatic carbocycles. The summed E-state index contributed by atoms with van der Waals surface area (Å²) in [6.07, 6.45) is 0. The summed E-state index contributed by atoms with van der Waals surface area (Å²) in [5, 5.41) is 13.8. The summed E-state index contributed by atoms with van der Waals surface area (Å²) in [6.45, 7) is 0. The molecule has 0 radical (unpaired) electrons. The second-order valence-electron chi connectivity index (χ2n) is 4.21. The molecule has 0 heterocycles. The molecule has 7 nitrogen and oxygen atoms in total. The van der Waals surface area contributed by atoms with Gasteiger partial charge in [0.1, 0.15) is 11.5 Å². The number of hydrogen-bond acceptors (Lipinski definition) is 5. The van der Waals surface area contributed by atoms with E-state index in [2.05, 4.69) is 0 Å². The first kappa shape index (κ1) is 14.8. The van der Waals surface area contributed by atoms with E-state index in [0.29, 0.717) is 5.75 Å². The number of rotatable bonds is 4. The second-order valence-corrected chi connectivity index (χ2v) is 5.78. The lowest BCUT2D eigenvalue weighted by Crippen LogP contribution is -2.12. The lowest BCUT2D eigenvalue weighted by atomic mass is 10.2. The van der Waals surface area contributed by atoms with Crippen molar-refractivity contribution in [1.82, 2.24) is 0 Å². The van der Waals surface area contributed by atoms with Crippen LogP contribution in [0.25, 0.3) is 0 Å². The number of benzene rings is 2. The molecule has 2 aromatic carbocycles. The summed E-state index contributed by atoms with van der Waals surface area (Å²) in [5.41, 5.74) is 5.89. The summed E-state index contributed by atoms with van der Waals surface area (Å²) in [4.78, 5) is 10.6. The van der Waals surface area contributed by atoms with Gasteiger partial charge >= 0.3 is 5.97 Å². The first-order chi connectivity index (χ1) is 9.75. The van der Waals surface area contributed by atoms with Crippen LogP contribution in [0.1, 0.15) is 10.4 Å². The molecule has 5 N–H and O–H groups in total. The van der Waals surface area contributed by atoms with Gasteiger partial charge in [-0.05, 0) is 30.3 Å². The van der Waals surface area contributed by atoms with Gasteiger partial charge < -0.3 is 15.6 Å². The maximum absolute atomic E-state index is 11.3. The number of ether oxygens (including phenoxy) is 1. The predicted octanol–water partition coefficient (Wildman–Crippen LogP) is 1.41. The number of aromatic carboxylic acids is 1. The van der Waals surface area contributed by atoms with Crippen molar-refractivity contribution in [3.63, 3.8) is 0 Å². The number of sulfonamides is 1. The molecule has 0 spiro atoms. The lowest BCUT2D eigenvalue weighted by molar-refractivity contribution is 0.0697. The van der Waals surface area contributed by atoms with Crippen molar-refractivity contribution in [2.75, 3.05) is 5.73 Å². The zero-order valence-electron chi connectivity index (χ0n) is 10.7. The standard InChI is InChI=1S/C13H12N2O5S/c14-9-5-11(7-12(6-9)21(15,18)19)20-10-3-1-8(2-4-10)13(16)17/h1-7H,14H2,(H,16,17)(H2,15,18,19). The molecule has 0 saturated heterocycles. The Morgan fingerprint density at radius 1 is 1.05 bits per heavy atom. The maximum Gasteiger partial charge on any atom is 0.335 e. The van der Waals surface area contributed by atoms with Gasteiger partial charge in [0.15, 0.2) is 0 Å². The molecule has 0 bridgehead atoms. The molecule has 0 amide bonds. The number of carbonyl (C=O) groups is 1. The third-order valence-corrected chi connectivity index (χ3v) is 3.46. The number of hydrogen-bond donors (Lipinski definition) is 3. The van der Waals surface area contributed by atoms with Crippen molar-refractivity contribution in [1.29, 1.82) is 0 Å². The molecule has 2 rings (SSSR count). The zero-order chi connectivity index (χ0) is 15.6. The molecule has 0 aromatic heterocycles. The second kappa shape index (κ2) is 5.43. The first-order valence-electron chi connectivity index (χ1n) is 5.70. The van der Waals surface area contributed by atoms with Crippen molar-refractivity contribution in [3.05, 3.63) is 48.0 Å². The normalized spacial score (nSPS) is 11.1. The number of carboxylic acids is 1. The zero-order valence-corrected chi connectivity index (χ0v) is 11.5. The van der Waals surface area contributed by atoms with E-state index in [1.54, 1.807) is 0 Å². The highest BCUT2D eigenvalue weighted by Crippen LogP contribution is 2.26. The van der Waals surface area contributed by atoms with Crippen LogP contribution in [0.4, 0.5) is 5.69 Å². The minimum atomic E-state index is -3.90. The van der Waals surface area contributed by atoms with E-state index in [1.165, 1.54) is 42.5 Å². The topological polar surface area (TPSA) is 133 Å². The minimum Gasteiger partial charge on any atom is -0.478 e. The molecule has 21 heavy (non-hydrogen) atoms. The van der Waals surface area contributed by atoms with E-state index in [1.807, 2.05) is 0 Å². The Hall–Kier alpha value is -2.58. The fourth-order valence-electron chi connectivity index (χ4n) is 1.62. The van der Waals surface area contributed by atoms with Gasteiger partial charge in [0.25, 0.3) is 0 Å². The number of anilines is 1. The molecule has 8 heteroatoms. The van der Waals surface area contributed by atoms with Crippen LogP contribution >= 0.6 is 0 Å². The maximum atomic E-state index is 11.3. The largest absolute Gasteiger partial charge is 0.478 e. The molecule has 0 atom stereocenters. The van der Waals surface area contributed by atoms with E-state index in [9.17, 15) is 13.2 Å². The molecule has 0 aliphatic rings. The molecular formula is C13H12N2O5S. The van der Waals surface area contributed by atoms with E-state index < -0.39 is 16.0 Å². The van der Waals surface area contributed by atoms with Crippen molar-refractivity contribution >= 4 is 21.7 Å². The van der Waals surface area contributed by atoms with Crippen molar-refractivity contribution in [3.8, 4) is 11.5 Å². The van der Waals surface area contributed by atoms with Gasteiger partial charge in [-0.15, -0.1) is 0 Å². The Kier molecular flexibility index (Phi) is 3.83. The Morgan fingerprint density at radius 3 is 2.19 bits per heavy atom. The van der Waals surface area contributed by atoms with E-state index in [-0.39, 0.29) is 21.9 Å². The minimum absolute atomic E-state index is 0.111. The quantitative estimate of drug-likeness (QED) is 0.731. The number of carboxylic acid groups (broad SMARTS) is 1. The van der Waals surface area contributed by atoms with Crippen LogP contribution in [0.3, 0.4) is 0 Å². The molecule has 0 fully saturated rings. The van der Waals surface area contributed by atoms with Crippen molar-refractivity contribution in [2.45, 2.75) is 4.90 Å².